The minimum atomic E-state index is 0.303. The van der Waals surface area contributed by atoms with Gasteiger partial charge < -0.3 is 18.9 Å². The van der Waals surface area contributed by atoms with Crippen LogP contribution in [0.5, 0.6) is 0 Å². The maximum absolute atomic E-state index is 5.58. The Labute approximate surface area is 90.1 Å². The SMILES string of the molecule is CCC=C(COCC1CO1)OCC1CO1. The summed E-state index contributed by atoms with van der Waals surface area (Å²) in [5, 5.41) is 0. The minimum absolute atomic E-state index is 0.303. The third kappa shape index (κ3) is 4.64. The molecule has 0 aromatic rings. The standard InChI is InChI=1S/C11H18O4/c1-2-3-9(13-7-11-8-15-11)4-12-5-10-6-14-10/h3,10-11H,2,4-8H2,1H3. The van der Waals surface area contributed by atoms with Crippen molar-refractivity contribution < 1.29 is 18.9 Å². The van der Waals surface area contributed by atoms with E-state index in [0.717, 1.165) is 25.4 Å². The summed E-state index contributed by atoms with van der Waals surface area (Å²) in [6, 6.07) is 0. The van der Waals surface area contributed by atoms with Crippen LogP contribution in [0.2, 0.25) is 0 Å². The first-order valence-corrected chi connectivity index (χ1v) is 5.51. The van der Waals surface area contributed by atoms with Crippen LogP contribution in [0.1, 0.15) is 13.3 Å². The van der Waals surface area contributed by atoms with Gasteiger partial charge in [0.2, 0.25) is 0 Å². The number of ether oxygens (including phenoxy) is 4. The van der Waals surface area contributed by atoms with Crippen LogP contribution in [0.3, 0.4) is 0 Å². The molecule has 0 amide bonds. The van der Waals surface area contributed by atoms with E-state index in [1.807, 2.05) is 0 Å². The number of hydrogen-bond acceptors (Lipinski definition) is 4. The predicted molar refractivity (Wildman–Crippen MR) is 54.6 cm³/mol. The molecule has 86 valence electrons. The first kappa shape index (κ1) is 10.9. The van der Waals surface area contributed by atoms with Crippen molar-refractivity contribution in [3.63, 3.8) is 0 Å². The molecule has 2 fully saturated rings. The molecule has 0 spiro atoms. The maximum Gasteiger partial charge on any atom is 0.118 e. The average Bonchev–Trinajstić information content (AvgIpc) is 3.08. The van der Waals surface area contributed by atoms with Crippen molar-refractivity contribution in [3.05, 3.63) is 11.8 Å². The van der Waals surface area contributed by atoms with Gasteiger partial charge in [-0.2, -0.15) is 0 Å². The zero-order valence-electron chi connectivity index (χ0n) is 9.11. The lowest BCUT2D eigenvalue weighted by Gasteiger charge is -2.09. The zero-order chi connectivity index (χ0) is 10.5. The molecular formula is C11H18O4. The van der Waals surface area contributed by atoms with Gasteiger partial charge in [-0.05, 0) is 12.5 Å². The molecule has 0 aliphatic carbocycles. The van der Waals surface area contributed by atoms with Gasteiger partial charge in [0.05, 0.1) is 19.8 Å². The van der Waals surface area contributed by atoms with Crippen LogP contribution in [-0.4, -0.2) is 45.2 Å². The Morgan fingerprint density at radius 1 is 1.27 bits per heavy atom. The van der Waals surface area contributed by atoms with Crippen molar-refractivity contribution in [3.8, 4) is 0 Å². The van der Waals surface area contributed by atoms with Crippen molar-refractivity contribution >= 4 is 0 Å². The van der Waals surface area contributed by atoms with Crippen molar-refractivity contribution in [2.75, 3.05) is 33.0 Å². The lowest BCUT2D eigenvalue weighted by Crippen LogP contribution is -2.09. The van der Waals surface area contributed by atoms with Crippen molar-refractivity contribution in [1.29, 1.82) is 0 Å². The van der Waals surface area contributed by atoms with E-state index in [-0.39, 0.29) is 0 Å². The molecule has 0 radical (unpaired) electrons. The highest BCUT2D eigenvalue weighted by Gasteiger charge is 2.24. The van der Waals surface area contributed by atoms with E-state index in [4.69, 9.17) is 18.9 Å². The monoisotopic (exact) mass is 214 g/mol. The third-order valence-corrected chi connectivity index (χ3v) is 2.24. The zero-order valence-corrected chi connectivity index (χ0v) is 9.11. The number of rotatable bonds is 8. The van der Waals surface area contributed by atoms with Crippen molar-refractivity contribution in [1.82, 2.24) is 0 Å². The van der Waals surface area contributed by atoms with E-state index >= 15 is 0 Å². The molecule has 2 aliphatic rings. The predicted octanol–water partition coefficient (Wildman–Crippen LogP) is 1.11. The van der Waals surface area contributed by atoms with Crippen LogP contribution in [0.25, 0.3) is 0 Å². The summed E-state index contributed by atoms with van der Waals surface area (Å²) < 4.78 is 21.2. The molecular weight excluding hydrogens is 196 g/mol. The summed E-state index contributed by atoms with van der Waals surface area (Å²) in [6.45, 7) is 5.61. The average molecular weight is 214 g/mol. The normalized spacial score (nSPS) is 29.0. The van der Waals surface area contributed by atoms with Crippen molar-refractivity contribution in [2.45, 2.75) is 25.6 Å². The Kier molecular flexibility index (Phi) is 4.00. The van der Waals surface area contributed by atoms with Gasteiger partial charge in [0.15, 0.2) is 0 Å². The molecule has 15 heavy (non-hydrogen) atoms. The molecule has 4 nitrogen and oxygen atoms in total. The fourth-order valence-corrected chi connectivity index (χ4v) is 1.21. The lowest BCUT2D eigenvalue weighted by atomic mass is 10.4. The molecule has 2 aliphatic heterocycles. The summed E-state index contributed by atoms with van der Waals surface area (Å²) in [5.41, 5.74) is 0. The van der Waals surface area contributed by atoms with Gasteiger partial charge >= 0.3 is 0 Å². The summed E-state index contributed by atoms with van der Waals surface area (Å²) in [7, 11) is 0. The van der Waals surface area contributed by atoms with E-state index in [1.165, 1.54) is 0 Å². The molecule has 2 heterocycles. The Morgan fingerprint density at radius 3 is 2.53 bits per heavy atom. The fraction of sp³-hybridized carbons (Fsp3) is 0.818. The lowest BCUT2D eigenvalue weighted by molar-refractivity contribution is 0.0820. The number of hydrogen-bond donors (Lipinski definition) is 0. The molecule has 2 unspecified atom stereocenters. The van der Waals surface area contributed by atoms with Gasteiger partial charge in [-0.25, -0.2) is 0 Å². The highest BCUT2D eigenvalue weighted by atomic mass is 16.6. The van der Waals surface area contributed by atoms with Gasteiger partial charge in [0, 0.05) is 0 Å². The molecule has 0 aromatic carbocycles. The maximum atomic E-state index is 5.58. The first-order chi connectivity index (χ1) is 7.38. The van der Waals surface area contributed by atoms with Crippen LogP contribution in [-0.2, 0) is 18.9 Å². The van der Waals surface area contributed by atoms with E-state index < -0.39 is 0 Å². The minimum Gasteiger partial charge on any atom is -0.493 e. The molecule has 2 saturated heterocycles. The Hall–Kier alpha value is -0.580. The smallest absolute Gasteiger partial charge is 0.118 e. The van der Waals surface area contributed by atoms with E-state index in [9.17, 15) is 0 Å². The first-order valence-electron chi connectivity index (χ1n) is 5.51. The Morgan fingerprint density at radius 2 is 1.93 bits per heavy atom. The van der Waals surface area contributed by atoms with E-state index in [0.29, 0.717) is 32.0 Å². The molecule has 0 saturated carbocycles. The molecule has 4 heteroatoms. The van der Waals surface area contributed by atoms with Crippen LogP contribution in [0, 0.1) is 0 Å². The van der Waals surface area contributed by atoms with Crippen LogP contribution in [0.15, 0.2) is 11.8 Å². The topological polar surface area (TPSA) is 43.5 Å². The van der Waals surface area contributed by atoms with Crippen LogP contribution in [0.4, 0.5) is 0 Å². The van der Waals surface area contributed by atoms with E-state index in [1.54, 1.807) is 0 Å². The second-order valence-corrected chi connectivity index (χ2v) is 3.82. The van der Waals surface area contributed by atoms with Gasteiger partial charge in [-0.1, -0.05) is 6.92 Å². The number of epoxide rings is 2. The Bertz CT molecular complexity index is 219. The summed E-state index contributed by atoms with van der Waals surface area (Å²) in [4.78, 5) is 0. The van der Waals surface area contributed by atoms with Gasteiger partial charge in [-0.15, -0.1) is 0 Å². The summed E-state index contributed by atoms with van der Waals surface area (Å²) in [6.07, 6.45) is 3.64. The largest absolute Gasteiger partial charge is 0.493 e. The van der Waals surface area contributed by atoms with E-state index in [2.05, 4.69) is 13.0 Å². The fourth-order valence-electron chi connectivity index (χ4n) is 1.21. The third-order valence-electron chi connectivity index (χ3n) is 2.24. The highest BCUT2D eigenvalue weighted by molar-refractivity contribution is 4.93. The quantitative estimate of drug-likeness (QED) is 0.448. The molecule has 0 N–H and O–H groups in total. The molecule has 2 rings (SSSR count). The number of allylic oxidation sites excluding steroid dienone is 1. The summed E-state index contributed by atoms with van der Waals surface area (Å²) in [5.74, 6) is 0.911. The van der Waals surface area contributed by atoms with Crippen LogP contribution < -0.4 is 0 Å². The molecule has 0 bridgehead atoms. The Balaban J connectivity index is 1.59. The molecule has 2 atom stereocenters. The molecule has 0 aromatic heterocycles. The second-order valence-electron chi connectivity index (χ2n) is 3.82. The van der Waals surface area contributed by atoms with Crippen molar-refractivity contribution in [2.24, 2.45) is 0 Å². The van der Waals surface area contributed by atoms with Gasteiger partial charge in [0.1, 0.15) is 31.2 Å². The van der Waals surface area contributed by atoms with Gasteiger partial charge in [-0.3, -0.25) is 0 Å². The summed E-state index contributed by atoms with van der Waals surface area (Å²) >= 11 is 0. The second kappa shape index (κ2) is 5.49. The van der Waals surface area contributed by atoms with Crippen LogP contribution >= 0.6 is 0 Å². The highest BCUT2D eigenvalue weighted by Crippen LogP contribution is 2.13. The van der Waals surface area contributed by atoms with Gasteiger partial charge in [0.25, 0.3) is 0 Å².